The van der Waals surface area contributed by atoms with Crippen molar-refractivity contribution in [2.75, 3.05) is 19.5 Å². The molecule has 0 bridgehead atoms. The molecule has 0 aliphatic carbocycles. The van der Waals surface area contributed by atoms with Crippen molar-refractivity contribution in [2.45, 2.75) is 17.9 Å². The summed E-state index contributed by atoms with van der Waals surface area (Å²) < 4.78 is 54.9. The summed E-state index contributed by atoms with van der Waals surface area (Å²) in [7, 11) is -2.81. The van der Waals surface area contributed by atoms with Crippen molar-refractivity contribution < 1.29 is 26.7 Å². The molecule has 0 aliphatic rings. The lowest BCUT2D eigenvalue weighted by Gasteiger charge is -2.13. The maximum Gasteiger partial charge on any atom is 0.235 e. The highest BCUT2D eigenvalue weighted by Gasteiger charge is 2.24. The van der Waals surface area contributed by atoms with Crippen LogP contribution in [0, 0.1) is 11.6 Å². The summed E-state index contributed by atoms with van der Waals surface area (Å²) in [5.41, 5.74) is 0. The zero-order chi connectivity index (χ0) is 15.3. The zero-order valence-corrected chi connectivity index (χ0v) is 11.8. The Labute approximate surface area is 115 Å². The third kappa shape index (κ3) is 4.53. The summed E-state index contributed by atoms with van der Waals surface area (Å²) in [6.07, 6.45) is 0. The molecule has 0 spiro atoms. The van der Waals surface area contributed by atoms with Crippen molar-refractivity contribution in [3.8, 4) is 0 Å². The monoisotopic (exact) mass is 307 g/mol. The summed E-state index contributed by atoms with van der Waals surface area (Å²) in [5, 5.41) is 2.38. The quantitative estimate of drug-likeness (QED) is 0.847. The van der Waals surface area contributed by atoms with E-state index < -0.39 is 38.0 Å². The Bertz CT molecular complexity index is 589. The fourth-order valence-corrected chi connectivity index (χ4v) is 2.82. The number of benzene rings is 1. The van der Waals surface area contributed by atoms with E-state index in [4.69, 9.17) is 4.74 Å². The van der Waals surface area contributed by atoms with E-state index in [0.29, 0.717) is 12.1 Å². The van der Waals surface area contributed by atoms with E-state index in [2.05, 4.69) is 5.32 Å². The van der Waals surface area contributed by atoms with Crippen molar-refractivity contribution in [3.63, 3.8) is 0 Å². The van der Waals surface area contributed by atoms with Gasteiger partial charge in [-0.3, -0.25) is 4.79 Å². The lowest BCUT2D eigenvalue weighted by atomic mass is 10.3. The number of hydrogen-bond donors (Lipinski definition) is 1. The number of sulfone groups is 1. The van der Waals surface area contributed by atoms with Gasteiger partial charge < -0.3 is 10.1 Å². The summed E-state index contributed by atoms with van der Waals surface area (Å²) >= 11 is 0. The molecule has 1 atom stereocenters. The van der Waals surface area contributed by atoms with Crippen molar-refractivity contribution in [1.82, 2.24) is 5.32 Å². The van der Waals surface area contributed by atoms with Gasteiger partial charge in [-0.15, -0.1) is 0 Å². The largest absolute Gasteiger partial charge is 0.383 e. The van der Waals surface area contributed by atoms with Crippen LogP contribution in [-0.4, -0.2) is 39.8 Å². The third-order valence-electron chi connectivity index (χ3n) is 2.37. The number of nitrogens with one attached hydrogen (secondary N) is 1. The molecule has 0 saturated carbocycles. The first-order valence-electron chi connectivity index (χ1n) is 5.72. The standard InChI is InChI=1S/C12H15F2NO4S/c1-8(6-19-2)15-12(16)7-20(17,18)11-5-9(13)3-4-10(11)14/h3-5,8H,6-7H2,1-2H3,(H,15,16)/t8-/m1/s1. The minimum absolute atomic E-state index is 0.208. The van der Waals surface area contributed by atoms with Gasteiger partial charge in [-0.05, 0) is 25.1 Å². The maximum atomic E-state index is 13.4. The molecule has 1 aromatic carbocycles. The van der Waals surface area contributed by atoms with E-state index in [1.165, 1.54) is 7.11 Å². The van der Waals surface area contributed by atoms with Crippen LogP contribution >= 0.6 is 0 Å². The molecule has 1 N–H and O–H groups in total. The average Bonchev–Trinajstić information content (AvgIpc) is 2.31. The Balaban J connectivity index is 2.85. The molecule has 0 unspecified atom stereocenters. The molecule has 1 amide bonds. The molecule has 0 aliphatic heterocycles. The lowest BCUT2D eigenvalue weighted by molar-refractivity contribution is -0.119. The first kappa shape index (κ1) is 16.5. The average molecular weight is 307 g/mol. The van der Waals surface area contributed by atoms with E-state index in [0.717, 1.165) is 6.07 Å². The van der Waals surface area contributed by atoms with Gasteiger partial charge in [0.05, 0.1) is 6.61 Å². The number of halogens is 2. The molecule has 8 heteroatoms. The zero-order valence-electron chi connectivity index (χ0n) is 11.0. The van der Waals surface area contributed by atoms with E-state index in [1.807, 2.05) is 0 Å². The van der Waals surface area contributed by atoms with Gasteiger partial charge >= 0.3 is 0 Å². The normalized spacial score (nSPS) is 13.0. The minimum atomic E-state index is -4.24. The summed E-state index contributed by atoms with van der Waals surface area (Å²) in [5.74, 6) is -3.75. The number of carbonyl (C=O) groups excluding carboxylic acids is 1. The van der Waals surface area contributed by atoms with Crippen LogP contribution in [0.5, 0.6) is 0 Å². The van der Waals surface area contributed by atoms with E-state index >= 15 is 0 Å². The SMILES string of the molecule is COC[C@@H](C)NC(=O)CS(=O)(=O)c1cc(F)ccc1F. The van der Waals surface area contributed by atoms with Crippen LogP contribution in [0.15, 0.2) is 23.1 Å². The van der Waals surface area contributed by atoms with Gasteiger partial charge in [-0.2, -0.15) is 0 Å². The summed E-state index contributed by atoms with van der Waals surface area (Å²) in [4.78, 5) is 10.7. The maximum absolute atomic E-state index is 13.4. The van der Waals surface area contributed by atoms with Crippen LogP contribution in [0.1, 0.15) is 6.92 Å². The molecule has 0 heterocycles. The molecule has 112 valence electrons. The molecule has 1 aromatic rings. The van der Waals surface area contributed by atoms with Crippen molar-refractivity contribution in [2.24, 2.45) is 0 Å². The Morgan fingerprint density at radius 3 is 2.65 bits per heavy atom. The van der Waals surface area contributed by atoms with Crippen molar-refractivity contribution in [1.29, 1.82) is 0 Å². The molecular weight excluding hydrogens is 292 g/mol. The minimum Gasteiger partial charge on any atom is -0.383 e. The van der Waals surface area contributed by atoms with Crippen LogP contribution in [0.3, 0.4) is 0 Å². The number of amides is 1. The predicted octanol–water partition coefficient (Wildman–Crippen LogP) is 0.890. The summed E-state index contributed by atoms with van der Waals surface area (Å²) in [6.45, 7) is 1.83. The lowest BCUT2D eigenvalue weighted by Crippen LogP contribution is -2.39. The van der Waals surface area contributed by atoms with Gasteiger partial charge in [0.25, 0.3) is 0 Å². The second-order valence-corrected chi connectivity index (χ2v) is 6.22. The Kier molecular flexibility index (Phi) is 5.58. The first-order chi connectivity index (χ1) is 9.26. The number of carbonyl (C=O) groups is 1. The Hall–Kier alpha value is -1.54. The fourth-order valence-electron chi connectivity index (χ4n) is 1.57. The highest BCUT2D eigenvalue weighted by atomic mass is 32.2. The highest BCUT2D eigenvalue weighted by molar-refractivity contribution is 7.92. The number of rotatable bonds is 6. The van der Waals surface area contributed by atoms with Crippen LogP contribution < -0.4 is 5.32 Å². The molecule has 0 saturated heterocycles. The van der Waals surface area contributed by atoms with Gasteiger partial charge in [0.2, 0.25) is 5.91 Å². The fraction of sp³-hybridized carbons (Fsp3) is 0.417. The molecule has 0 fully saturated rings. The van der Waals surface area contributed by atoms with E-state index in [1.54, 1.807) is 6.92 Å². The van der Waals surface area contributed by atoms with E-state index in [9.17, 15) is 22.0 Å². The second kappa shape index (κ2) is 6.76. The Morgan fingerprint density at radius 1 is 1.40 bits per heavy atom. The molecular formula is C12H15F2NO4S. The molecule has 20 heavy (non-hydrogen) atoms. The highest BCUT2D eigenvalue weighted by Crippen LogP contribution is 2.17. The van der Waals surface area contributed by atoms with E-state index in [-0.39, 0.29) is 12.6 Å². The third-order valence-corrected chi connectivity index (χ3v) is 4.00. The number of ether oxygens (including phenoxy) is 1. The van der Waals surface area contributed by atoms with Crippen LogP contribution in [0.2, 0.25) is 0 Å². The number of hydrogen-bond acceptors (Lipinski definition) is 4. The molecule has 0 radical (unpaired) electrons. The molecule has 0 aromatic heterocycles. The molecule has 1 rings (SSSR count). The van der Waals surface area contributed by atoms with Crippen LogP contribution in [-0.2, 0) is 19.4 Å². The predicted molar refractivity (Wildman–Crippen MR) is 67.9 cm³/mol. The summed E-state index contributed by atoms with van der Waals surface area (Å²) in [6, 6.07) is 1.67. The van der Waals surface area contributed by atoms with Crippen LogP contribution in [0.25, 0.3) is 0 Å². The van der Waals surface area contributed by atoms with Crippen molar-refractivity contribution in [3.05, 3.63) is 29.8 Å². The van der Waals surface area contributed by atoms with Gasteiger partial charge in [-0.25, -0.2) is 17.2 Å². The first-order valence-corrected chi connectivity index (χ1v) is 7.37. The number of methoxy groups -OCH3 is 1. The molecule has 5 nitrogen and oxygen atoms in total. The van der Waals surface area contributed by atoms with Gasteiger partial charge in [-0.1, -0.05) is 0 Å². The van der Waals surface area contributed by atoms with Gasteiger partial charge in [0.15, 0.2) is 9.84 Å². The smallest absolute Gasteiger partial charge is 0.235 e. The van der Waals surface area contributed by atoms with Crippen molar-refractivity contribution >= 4 is 15.7 Å². The van der Waals surface area contributed by atoms with Crippen LogP contribution in [0.4, 0.5) is 8.78 Å². The topological polar surface area (TPSA) is 72.5 Å². The Morgan fingerprint density at radius 2 is 2.05 bits per heavy atom. The van der Waals surface area contributed by atoms with Gasteiger partial charge in [0, 0.05) is 13.2 Å². The van der Waals surface area contributed by atoms with Gasteiger partial charge in [0.1, 0.15) is 22.3 Å². The second-order valence-electron chi connectivity index (χ2n) is 4.26.